The lowest BCUT2D eigenvalue weighted by Gasteiger charge is -2.38. The third kappa shape index (κ3) is 4.61. The summed E-state index contributed by atoms with van der Waals surface area (Å²) in [7, 11) is 4.17. The Labute approximate surface area is 148 Å². The SMILES string of the molecule is CN1CCN(C)[C@@H](COC(=O)N2CCN(c3ccc(F)cc3)CC2)C1. The fourth-order valence-corrected chi connectivity index (χ4v) is 3.34. The summed E-state index contributed by atoms with van der Waals surface area (Å²) < 4.78 is 18.6. The van der Waals surface area contributed by atoms with E-state index in [2.05, 4.69) is 28.8 Å². The maximum atomic E-state index is 13.0. The van der Waals surface area contributed by atoms with Crippen molar-refractivity contribution in [1.29, 1.82) is 0 Å². The number of anilines is 1. The summed E-state index contributed by atoms with van der Waals surface area (Å²) in [6.07, 6.45) is -0.236. The molecule has 2 heterocycles. The van der Waals surface area contributed by atoms with Crippen molar-refractivity contribution in [1.82, 2.24) is 14.7 Å². The molecule has 2 saturated heterocycles. The van der Waals surface area contributed by atoms with Crippen LogP contribution in [0.5, 0.6) is 0 Å². The molecule has 0 aromatic heterocycles. The van der Waals surface area contributed by atoms with Crippen LogP contribution in [0.25, 0.3) is 0 Å². The topological polar surface area (TPSA) is 39.3 Å². The van der Waals surface area contributed by atoms with Crippen molar-refractivity contribution in [2.75, 3.05) is 71.4 Å². The number of piperazine rings is 2. The second-order valence-corrected chi connectivity index (χ2v) is 6.92. The van der Waals surface area contributed by atoms with Crippen molar-refractivity contribution in [2.24, 2.45) is 0 Å². The van der Waals surface area contributed by atoms with Crippen molar-refractivity contribution < 1.29 is 13.9 Å². The van der Waals surface area contributed by atoms with Crippen LogP contribution in [0, 0.1) is 5.82 Å². The number of amides is 1. The minimum Gasteiger partial charge on any atom is -0.448 e. The maximum Gasteiger partial charge on any atom is 0.409 e. The summed E-state index contributed by atoms with van der Waals surface area (Å²) in [4.78, 5) is 20.8. The van der Waals surface area contributed by atoms with Crippen LogP contribution in [0.2, 0.25) is 0 Å². The lowest BCUT2D eigenvalue weighted by atomic mass is 10.2. The smallest absolute Gasteiger partial charge is 0.409 e. The van der Waals surface area contributed by atoms with Gasteiger partial charge in [0.05, 0.1) is 6.04 Å². The number of hydrogen-bond donors (Lipinski definition) is 0. The van der Waals surface area contributed by atoms with Gasteiger partial charge in [0.1, 0.15) is 12.4 Å². The molecule has 1 atom stereocenters. The maximum absolute atomic E-state index is 13.0. The Morgan fingerprint density at radius 2 is 1.76 bits per heavy atom. The number of nitrogens with zero attached hydrogens (tertiary/aromatic N) is 4. The molecule has 2 fully saturated rings. The van der Waals surface area contributed by atoms with Gasteiger partial charge in [0.25, 0.3) is 0 Å². The minimum atomic E-state index is -0.236. The van der Waals surface area contributed by atoms with Gasteiger partial charge in [-0.05, 0) is 38.4 Å². The highest BCUT2D eigenvalue weighted by Gasteiger charge is 2.26. The number of benzene rings is 1. The summed E-state index contributed by atoms with van der Waals surface area (Å²) in [5.74, 6) is -0.232. The van der Waals surface area contributed by atoms with Crippen molar-refractivity contribution in [3.63, 3.8) is 0 Å². The zero-order valence-corrected chi connectivity index (χ0v) is 15.0. The molecule has 0 N–H and O–H groups in total. The molecule has 0 unspecified atom stereocenters. The largest absolute Gasteiger partial charge is 0.448 e. The van der Waals surface area contributed by atoms with Gasteiger partial charge >= 0.3 is 6.09 Å². The summed E-state index contributed by atoms with van der Waals surface area (Å²) in [6, 6.07) is 6.74. The molecular formula is C18H27FN4O2. The van der Waals surface area contributed by atoms with Gasteiger partial charge in [-0.3, -0.25) is 4.90 Å². The average Bonchev–Trinajstić information content (AvgIpc) is 2.63. The van der Waals surface area contributed by atoms with Gasteiger partial charge < -0.3 is 19.4 Å². The van der Waals surface area contributed by atoms with Gasteiger partial charge in [-0.15, -0.1) is 0 Å². The third-order valence-corrected chi connectivity index (χ3v) is 5.11. The molecule has 2 aliphatic rings. The molecule has 0 radical (unpaired) electrons. The number of likely N-dealkylation sites (N-methyl/N-ethyl adjacent to an activating group) is 2. The highest BCUT2D eigenvalue weighted by atomic mass is 19.1. The van der Waals surface area contributed by atoms with E-state index in [-0.39, 0.29) is 18.0 Å². The van der Waals surface area contributed by atoms with Crippen LogP contribution in [-0.4, -0.2) is 93.4 Å². The molecule has 6 nitrogen and oxygen atoms in total. The zero-order chi connectivity index (χ0) is 17.8. The molecular weight excluding hydrogens is 323 g/mol. The standard InChI is InChI=1S/C18H27FN4O2/c1-20-7-8-21(2)17(13-20)14-25-18(24)23-11-9-22(10-12-23)16-5-3-15(19)4-6-16/h3-6,17H,7-14H2,1-2H3/t17-/m1/s1. The van der Waals surface area contributed by atoms with E-state index in [4.69, 9.17) is 4.74 Å². The lowest BCUT2D eigenvalue weighted by Crippen LogP contribution is -2.53. The van der Waals surface area contributed by atoms with Gasteiger partial charge in [0, 0.05) is 51.5 Å². The fourth-order valence-electron chi connectivity index (χ4n) is 3.34. The number of rotatable bonds is 3. The normalized spacial score (nSPS) is 22.9. The number of ether oxygens (including phenoxy) is 1. The van der Waals surface area contributed by atoms with Gasteiger partial charge in [0.2, 0.25) is 0 Å². The summed E-state index contributed by atoms with van der Waals surface area (Å²) in [5, 5.41) is 0. The van der Waals surface area contributed by atoms with Crippen LogP contribution in [0.3, 0.4) is 0 Å². The molecule has 138 valence electrons. The third-order valence-electron chi connectivity index (χ3n) is 5.11. The molecule has 0 bridgehead atoms. The van der Waals surface area contributed by atoms with Crippen molar-refractivity contribution in [3.05, 3.63) is 30.1 Å². The molecule has 0 aliphatic carbocycles. The molecule has 2 aliphatic heterocycles. The van der Waals surface area contributed by atoms with Crippen molar-refractivity contribution in [3.8, 4) is 0 Å². The average molecular weight is 350 g/mol. The summed E-state index contributed by atoms with van der Waals surface area (Å²) >= 11 is 0. The number of carbonyl (C=O) groups excluding carboxylic acids is 1. The number of carbonyl (C=O) groups is 1. The van der Waals surface area contributed by atoms with Crippen LogP contribution < -0.4 is 4.90 Å². The second kappa shape index (κ2) is 8.01. The highest BCUT2D eigenvalue weighted by Crippen LogP contribution is 2.17. The van der Waals surface area contributed by atoms with E-state index in [0.29, 0.717) is 19.7 Å². The van der Waals surface area contributed by atoms with E-state index in [1.54, 1.807) is 17.0 Å². The molecule has 1 amide bonds. The summed E-state index contributed by atoms with van der Waals surface area (Å²) in [5.41, 5.74) is 0.987. The lowest BCUT2D eigenvalue weighted by molar-refractivity contribution is 0.0396. The van der Waals surface area contributed by atoms with E-state index in [1.807, 2.05) is 0 Å². The Kier molecular flexibility index (Phi) is 5.75. The van der Waals surface area contributed by atoms with E-state index < -0.39 is 0 Å². The van der Waals surface area contributed by atoms with Crippen LogP contribution in [0.1, 0.15) is 0 Å². The predicted octanol–water partition coefficient (Wildman–Crippen LogP) is 1.33. The zero-order valence-electron chi connectivity index (χ0n) is 15.0. The number of hydrogen-bond acceptors (Lipinski definition) is 5. The minimum absolute atomic E-state index is 0.232. The van der Waals surface area contributed by atoms with E-state index in [9.17, 15) is 9.18 Å². The first-order valence-electron chi connectivity index (χ1n) is 8.84. The van der Waals surface area contributed by atoms with E-state index in [1.165, 1.54) is 12.1 Å². The van der Waals surface area contributed by atoms with Crippen molar-refractivity contribution >= 4 is 11.8 Å². The number of halogens is 1. The Morgan fingerprint density at radius 3 is 2.44 bits per heavy atom. The van der Waals surface area contributed by atoms with E-state index >= 15 is 0 Å². The first-order valence-corrected chi connectivity index (χ1v) is 8.84. The Hall–Kier alpha value is -1.86. The fraction of sp³-hybridized carbons (Fsp3) is 0.611. The van der Waals surface area contributed by atoms with Gasteiger partial charge in [-0.2, -0.15) is 0 Å². The Morgan fingerprint density at radius 1 is 1.08 bits per heavy atom. The van der Waals surface area contributed by atoms with Crippen molar-refractivity contribution in [2.45, 2.75) is 6.04 Å². The molecule has 1 aromatic carbocycles. The highest BCUT2D eigenvalue weighted by molar-refractivity contribution is 5.68. The second-order valence-electron chi connectivity index (χ2n) is 6.92. The first kappa shape index (κ1) is 17.9. The molecule has 0 saturated carbocycles. The van der Waals surface area contributed by atoms with E-state index in [0.717, 1.165) is 38.4 Å². The quantitative estimate of drug-likeness (QED) is 0.822. The Bertz CT molecular complexity index is 575. The van der Waals surface area contributed by atoms with Crippen LogP contribution in [0.15, 0.2) is 24.3 Å². The molecule has 7 heteroatoms. The van der Waals surface area contributed by atoms with Crippen LogP contribution in [0.4, 0.5) is 14.9 Å². The molecule has 25 heavy (non-hydrogen) atoms. The first-order chi connectivity index (χ1) is 12.0. The van der Waals surface area contributed by atoms with Gasteiger partial charge in [-0.25, -0.2) is 9.18 Å². The molecule has 1 aromatic rings. The molecule has 0 spiro atoms. The van der Waals surface area contributed by atoms with Gasteiger partial charge in [-0.1, -0.05) is 0 Å². The molecule has 3 rings (SSSR count). The monoisotopic (exact) mass is 350 g/mol. The Balaban J connectivity index is 1.44. The summed E-state index contributed by atoms with van der Waals surface area (Å²) in [6.45, 7) is 6.09. The van der Waals surface area contributed by atoms with Crippen LogP contribution in [-0.2, 0) is 4.74 Å². The van der Waals surface area contributed by atoms with Gasteiger partial charge in [0.15, 0.2) is 0 Å². The van der Waals surface area contributed by atoms with Crippen LogP contribution >= 0.6 is 0 Å². The predicted molar refractivity (Wildman–Crippen MR) is 95.4 cm³/mol.